The number of aromatic nitrogens is 1. The van der Waals surface area contributed by atoms with Crippen molar-refractivity contribution in [1.29, 1.82) is 0 Å². The SMILES string of the molecule is NS(=O)(=O)c1ccc(NC(=O)Nc2ccc(N3CCOCC3)nc2)cc1. The fourth-order valence-electron chi connectivity index (χ4n) is 2.46. The highest BCUT2D eigenvalue weighted by molar-refractivity contribution is 7.89. The van der Waals surface area contributed by atoms with Crippen molar-refractivity contribution in [2.75, 3.05) is 41.8 Å². The lowest BCUT2D eigenvalue weighted by Gasteiger charge is -2.27. The van der Waals surface area contributed by atoms with E-state index >= 15 is 0 Å². The monoisotopic (exact) mass is 377 g/mol. The van der Waals surface area contributed by atoms with Gasteiger partial charge in [0.25, 0.3) is 0 Å². The smallest absolute Gasteiger partial charge is 0.323 e. The molecule has 3 rings (SSSR count). The summed E-state index contributed by atoms with van der Waals surface area (Å²) in [7, 11) is -3.76. The van der Waals surface area contributed by atoms with E-state index in [2.05, 4.69) is 20.5 Å². The van der Waals surface area contributed by atoms with E-state index in [1.807, 2.05) is 6.07 Å². The summed E-state index contributed by atoms with van der Waals surface area (Å²) >= 11 is 0. The van der Waals surface area contributed by atoms with Crippen molar-refractivity contribution in [3.8, 4) is 0 Å². The Morgan fingerprint density at radius 2 is 1.65 bits per heavy atom. The van der Waals surface area contributed by atoms with Gasteiger partial charge in [-0.3, -0.25) is 0 Å². The number of urea groups is 1. The average Bonchev–Trinajstić information content (AvgIpc) is 2.63. The van der Waals surface area contributed by atoms with Crippen molar-refractivity contribution in [2.24, 2.45) is 5.14 Å². The van der Waals surface area contributed by atoms with Gasteiger partial charge in [0, 0.05) is 18.8 Å². The number of ether oxygens (including phenoxy) is 1. The van der Waals surface area contributed by atoms with Gasteiger partial charge in [0.1, 0.15) is 5.82 Å². The maximum Gasteiger partial charge on any atom is 0.323 e. The van der Waals surface area contributed by atoms with Crippen molar-refractivity contribution in [3.63, 3.8) is 0 Å². The van der Waals surface area contributed by atoms with Gasteiger partial charge < -0.3 is 20.3 Å². The zero-order valence-electron chi connectivity index (χ0n) is 13.9. The molecule has 1 aromatic carbocycles. The Morgan fingerprint density at radius 1 is 1.04 bits per heavy atom. The number of sulfonamides is 1. The van der Waals surface area contributed by atoms with Crippen LogP contribution in [0.2, 0.25) is 0 Å². The summed E-state index contributed by atoms with van der Waals surface area (Å²) in [5.74, 6) is 0.831. The molecule has 1 aliphatic heterocycles. The molecule has 0 unspecified atom stereocenters. The third-order valence-electron chi connectivity index (χ3n) is 3.78. The number of nitrogens with one attached hydrogen (secondary N) is 2. The molecule has 1 saturated heterocycles. The van der Waals surface area contributed by atoms with E-state index in [-0.39, 0.29) is 4.90 Å². The number of benzene rings is 1. The van der Waals surface area contributed by atoms with Crippen LogP contribution in [0.25, 0.3) is 0 Å². The molecule has 4 N–H and O–H groups in total. The van der Waals surface area contributed by atoms with Gasteiger partial charge in [-0.15, -0.1) is 0 Å². The van der Waals surface area contributed by atoms with Gasteiger partial charge in [-0.05, 0) is 36.4 Å². The number of carbonyl (C=O) groups is 1. The van der Waals surface area contributed by atoms with Crippen molar-refractivity contribution in [3.05, 3.63) is 42.6 Å². The standard InChI is InChI=1S/C16H19N5O4S/c17-26(23,24)14-4-1-12(2-5-14)19-16(22)20-13-3-6-15(18-11-13)21-7-9-25-10-8-21/h1-6,11H,7-10H2,(H2,17,23,24)(H2,19,20,22). The summed E-state index contributed by atoms with van der Waals surface area (Å²) in [4.78, 5) is 18.5. The second kappa shape index (κ2) is 7.68. The maximum absolute atomic E-state index is 12.0. The van der Waals surface area contributed by atoms with Crippen LogP contribution in [0.5, 0.6) is 0 Å². The van der Waals surface area contributed by atoms with E-state index in [9.17, 15) is 13.2 Å². The molecule has 26 heavy (non-hydrogen) atoms. The van der Waals surface area contributed by atoms with Crippen LogP contribution in [0.4, 0.5) is 22.0 Å². The molecular weight excluding hydrogens is 358 g/mol. The van der Waals surface area contributed by atoms with Gasteiger partial charge in [0.05, 0.1) is 30.0 Å². The first-order valence-electron chi connectivity index (χ1n) is 7.91. The molecule has 0 radical (unpaired) electrons. The van der Waals surface area contributed by atoms with Crippen LogP contribution in [-0.4, -0.2) is 45.7 Å². The molecule has 1 aromatic heterocycles. The molecule has 9 nitrogen and oxygen atoms in total. The number of rotatable bonds is 4. The molecule has 2 aromatic rings. The minimum Gasteiger partial charge on any atom is -0.378 e. The Balaban J connectivity index is 1.57. The van der Waals surface area contributed by atoms with Crippen LogP contribution >= 0.6 is 0 Å². The van der Waals surface area contributed by atoms with Crippen LogP contribution < -0.4 is 20.7 Å². The highest BCUT2D eigenvalue weighted by Gasteiger charge is 2.12. The number of amides is 2. The van der Waals surface area contributed by atoms with Crippen LogP contribution in [-0.2, 0) is 14.8 Å². The number of primary sulfonamides is 1. The predicted molar refractivity (Wildman–Crippen MR) is 97.7 cm³/mol. The lowest BCUT2D eigenvalue weighted by Crippen LogP contribution is -2.36. The van der Waals surface area contributed by atoms with Gasteiger partial charge in [0.15, 0.2) is 0 Å². The van der Waals surface area contributed by atoms with E-state index in [0.29, 0.717) is 24.6 Å². The van der Waals surface area contributed by atoms with Crippen molar-refractivity contribution < 1.29 is 17.9 Å². The second-order valence-corrected chi connectivity index (χ2v) is 7.21. The van der Waals surface area contributed by atoms with Crippen LogP contribution in [0.15, 0.2) is 47.5 Å². The largest absolute Gasteiger partial charge is 0.378 e. The molecule has 0 atom stereocenters. The Kier molecular flexibility index (Phi) is 5.35. The fourth-order valence-corrected chi connectivity index (χ4v) is 2.98. The Labute approximate surface area is 151 Å². The predicted octanol–water partition coefficient (Wildman–Crippen LogP) is 1.21. The number of pyridine rings is 1. The minimum absolute atomic E-state index is 0.0219. The highest BCUT2D eigenvalue weighted by Crippen LogP contribution is 2.16. The first-order chi connectivity index (χ1) is 12.4. The van der Waals surface area contributed by atoms with Crippen LogP contribution in [0, 0.1) is 0 Å². The molecule has 2 amide bonds. The van der Waals surface area contributed by atoms with Crippen molar-refractivity contribution in [2.45, 2.75) is 4.90 Å². The molecule has 1 aliphatic rings. The first kappa shape index (κ1) is 18.1. The number of anilines is 3. The van der Waals surface area contributed by atoms with Gasteiger partial charge in [0.2, 0.25) is 10.0 Å². The molecular formula is C16H19N5O4S. The average molecular weight is 377 g/mol. The van der Waals surface area contributed by atoms with Gasteiger partial charge in [-0.1, -0.05) is 0 Å². The topological polar surface area (TPSA) is 127 Å². The quantitative estimate of drug-likeness (QED) is 0.735. The summed E-state index contributed by atoms with van der Waals surface area (Å²) in [6, 6.07) is 8.70. The molecule has 2 heterocycles. The molecule has 0 aliphatic carbocycles. The molecule has 0 spiro atoms. The maximum atomic E-state index is 12.0. The van der Waals surface area contributed by atoms with E-state index in [1.165, 1.54) is 24.3 Å². The summed E-state index contributed by atoms with van der Waals surface area (Å²) in [5, 5.41) is 10.3. The van der Waals surface area contributed by atoms with Crippen LogP contribution in [0.1, 0.15) is 0 Å². The van der Waals surface area contributed by atoms with E-state index < -0.39 is 16.1 Å². The number of hydrogen-bond donors (Lipinski definition) is 3. The summed E-state index contributed by atoms with van der Waals surface area (Å²) < 4.78 is 27.7. The lowest BCUT2D eigenvalue weighted by molar-refractivity contribution is 0.122. The first-order valence-corrected chi connectivity index (χ1v) is 9.46. The molecule has 138 valence electrons. The molecule has 10 heteroatoms. The zero-order valence-corrected chi connectivity index (χ0v) is 14.7. The Hall–Kier alpha value is -2.69. The minimum atomic E-state index is -3.76. The Morgan fingerprint density at radius 3 is 2.23 bits per heavy atom. The Bertz CT molecular complexity index is 863. The van der Waals surface area contributed by atoms with Gasteiger partial charge in [-0.2, -0.15) is 0 Å². The second-order valence-electron chi connectivity index (χ2n) is 5.65. The fraction of sp³-hybridized carbons (Fsp3) is 0.250. The summed E-state index contributed by atoms with van der Waals surface area (Å²) in [6.07, 6.45) is 1.58. The van der Waals surface area contributed by atoms with Gasteiger partial charge in [-0.25, -0.2) is 23.3 Å². The zero-order chi connectivity index (χ0) is 18.6. The number of nitrogens with two attached hydrogens (primary N) is 1. The normalized spacial score (nSPS) is 14.7. The number of carbonyl (C=O) groups excluding carboxylic acids is 1. The molecule has 1 fully saturated rings. The highest BCUT2D eigenvalue weighted by atomic mass is 32.2. The number of morpholine rings is 1. The van der Waals surface area contributed by atoms with Crippen LogP contribution in [0.3, 0.4) is 0 Å². The third-order valence-corrected chi connectivity index (χ3v) is 4.71. The van der Waals surface area contributed by atoms with Crippen molar-refractivity contribution >= 4 is 33.2 Å². The van der Waals surface area contributed by atoms with Gasteiger partial charge >= 0.3 is 6.03 Å². The summed E-state index contributed by atoms with van der Waals surface area (Å²) in [5.41, 5.74) is 0.980. The van der Waals surface area contributed by atoms with Crippen molar-refractivity contribution in [1.82, 2.24) is 4.98 Å². The number of hydrogen-bond acceptors (Lipinski definition) is 6. The number of nitrogens with zero attached hydrogens (tertiary/aromatic N) is 2. The molecule has 0 saturated carbocycles. The third kappa shape index (κ3) is 4.69. The van der Waals surface area contributed by atoms with E-state index in [4.69, 9.17) is 9.88 Å². The summed E-state index contributed by atoms with van der Waals surface area (Å²) in [6.45, 7) is 2.92. The van der Waals surface area contributed by atoms with E-state index in [0.717, 1.165) is 18.9 Å². The lowest BCUT2D eigenvalue weighted by atomic mass is 10.3. The molecule has 0 bridgehead atoms. The van der Waals surface area contributed by atoms with E-state index in [1.54, 1.807) is 12.3 Å².